The number of nitrogens with zero attached hydrogens (tertiary/aromatic N) is 2. The third kappa shape index (κ3) is 8.10. The molecule has 0 amide bonds. The van der Waals surface area contributed by atoms with Gasteiger partial charge >= 0.3 is 0 Å². The molecule has 3 unspecified atom stereocenters. The van der Waals surface area contributed by atoms with Crippen molar-refractivity contribution in [1.29, 1.82) is 0 Å². The van der Waals surface area contributed by atoms with E-state index in [9.17, 15) is 0 Å². The first-order valence-corrected chi connectivity index (χ1v) is 7.59. The summed E-state index contributed by atoms with van der Waals surface area (Å²) in [6.07, 6.45) is 2.63. The van der Waals surface area contributed by atoms with Crippen LogP contribution in [0.4, 0.5) is 0 Å². The molecule has 110 valence electrons. The Hall–Kier alpha value is -0.0800. The highest BCUT2D eigenvalue weighted by molar-refractivity contribution is 4.67. The average molecular weight is 256 g/mol. The Labute approximate surface area is 116 Å². The van der Waals surface area contributed by atoms with Crippen molar-refractivity contribution in [2.24, 2.45) is 17.8 Å². The van der Waals surface area contributed by atoms with E-state index >= 15 is 0 Å². The van der Waals surface area contributed by atoms with Crippen LogP contribution < -0.4 is 0 Å². The fraction of sp³-hybridized carbons (Fsp3) is 1.00. The fourth-order valence-corrected chi connectivity index (χ4v) is 2.15. The highest BCUT2D eigenvalue weighted by Crippen LogP contribution is 2.15. The molecule has 0 heterocycles. The maximum absolute atomic E-state index is 2.50. The minimum absolute atomic E-state index is 0.694. The van der Waals surface area contributed by atoms with E-state index in [1.807, 2.05) is 0 Å². The molecule has 0 aliphatic rings. The van der Waals surface area contributed by atoms with Crippen LogP contribution in [0.2, 0.25) is 0 Å². The first-order chi connectivity index (χ1) is 8.23. The largest absolute Gasteiger partial charge is 0.307 e. The van der Waals surface area contributed by atoms with Gasteiger partial charge in [-0.1, -0.05) is 27.7 Å². The van der Waals surface area contributed by atoms with Crippen molar-refractivity contribution < 1.29 is 0 Å². The van der Waals surface area contributed by atoms with Gasteiger partial charge in [0.1, 0.15) is 0 Å². The topological polar surface area (TPSA) is 6.48 Å². The van der Waals surface area contributed by atoms with Crippen molar-refractivity contribution in [3.05, 3.63) is 0 Å². The van der Waals surface area contributed by atoms with Crippen LogP contribution in [-0.2, 0) is 0 Å². The van der Waals surface area contributed by atoms with Crippen LogP contribution in [0.5, 0.6) is 0 Å². The first kappa shape index (κ1) is 17.9. The highest BCUT2D eigenvalue weighted by Gasteiger charge is 2.13. The summed E-state index contributed by atoms with van der Waals surface area (Å²) in [6, 6.07) is 0.694. The van der Waals surface area contributed by atoms with E-state index in [-0.39, 0.29) is 0 Å². The second-order valence-electron chi connectivity index (χ2n) is 6.93. The maximum atomic E-state index is 2.50. The first-order valence-electron chi connectivity index (χ1n) is 7.59. The molecule has 0 aromatic carbocycles. The summed E-state index contributed by atoms with van der Waals surface area (Å²) in [5, 5.41) is 0. The molecule has 0 N–H and O–H groups in total. The van der Waals surface area contributed by atoms with Gasteiger partial charge in [0.25, 0.3) is 0 Å². The van der Waals surface area contributed by atoms with Crippen molar-refractivity contribution >= 4 is 0 Å². The van der Waals surface area contributed by atoms with E-state index in [2.05, 4.69) is 65.6 Å². The quantitative estimate of drug-likeness (QED) is 0.622. The Balaban J connectivity index is 3.81. The molecule has 18 heavy (non-hydrogen) atoms. The standard InChI is InChI=1S/C16H36N2/c1-13(2)15(4)12-18(8)10-9-14(3)11-16(5)17(6)7/h13-16H,9-12H2,1-8H3. The van der Waals surface area contributed by atoms with Crippen LogP contribution in [0.15, 0.2) is 0 Å². The Morgan fingerprint density at radius 1 is 0.889 bits per heavy atom. The number of hydrogen-bond donors (Lipinski definition) is 0. The van der Waals surface area contributed by atoms with Crippen molar-refractivity contribution in [2.45, 2.75) is 53.5 Å². The molecule has 0 radical (unpaired) electrons. The van der Waals surface area contributed by atoms with Gasteiger partial charge in [-0.15, -0.1) is 0 Å². The fourth-order valence-electron chi connectivity index (χ4n) is 2.15. The Morgan fingerprint density at radius 3 is 1.89 bits per heavy atom. The van der Waals surface area contributed by atoms with Gasteiger partial charge in [0.05, 0.1) is 0 Å². The molecule has 0 aliphatic heterocycles. The predicted molar refractivity (Wildman–Crippen MR) is 83.0 cm³/mol. The third-order valence-electron chi connectivity index (χ3n) is 4.37. The van der Waals surface area contributed by atoms with Crippen molar-refractivity contribution in [3.63, 3.8) is 0 Å². The number of hydrogen-bond acceptors (Lipinski definition) is 2. The molecule has 2 nitrogen and oxygen atoms in total. The van der Waals surface area contributed by atoms with Gasteiger partial charge in [0.2, 0.25) is 0 Å². The second-order valence-corrected chi connectivity index (χ2v) is 6.93. The molecule has 0 aromatic rings. The minimum Gasteiger partial charge on any atom is -0.307 e. The summed E-state index contributed by atoms with van der Waals surface area (Å²) < 4.78 is 0. The second kappa shape index (κ2) is 8.92. The van der Waals surface area contributed by atoms with Crippen LogP contribution in [0.3, 0.4) is 0 Å². The molecule has 0 fully saturated rings. The normalized spacial score (nSPS) is 17.5. The predicted octanol–water partition coefficient (Wildman–Crippen LogP) is 3.58. The van der Waals surface area contributed by atoms with E-state index in [4.69, 9.17) is 0 Å². The molecular weight excluding hydrogens is 220 g/mol. The smallest absolute Gasteiger partial charge is 0.00633 e. The maximum Gasteiger partial charge on any atom is 0.00633 e. The lowest BCUT2D eigenvalue weighted by molar-refractivity contribution is 0.218. The number of rotatable bonds is 9. The zero-order valence-electron chi connectivity index (χ0n) is 14.0. The SMILES string of the molecule is CC(CCN(C)CC(C)C(C)C)CC(C)N(C)C. The summed E-state index contributed by atoms with van der Waals surface area (Å²) in [6.45, 7) is 14.2. The molecule has 0 aliphatic carbocycles. The van der Waals surface area contributed by atoms with Gasteiger partial charge in [-0.25, -0.2) is 0 Å². The van der Waals surface area contributed by atoms with Gasteiger partial charge < -0.3 is 9.80 Å². The monoisotopic (exact) mass is 256 g/mol. The molecule has 3 atom stereocenters. The lowest BCUT2D eigenvalue weighted by atomic mass is 9.96. The zero-order chi connectivity index (χ0) is 14.3. The minimum atomic E-state index is 0.694. The van der Waals surface area contributed by atoms with E-state index in [0.717, 1.165) is 17.8 Å². The van der Waals surface area contributed by atoms with E-state index < -0.39 is 0 Å². The molecule has 0 rings (SSSR count). The summed E-state index contributed by atoms with van der Waals surface area (Å²) >= 11 is 0. The van der Waals surface area contributed by atoms with Crippen molar-refractivity contribution in [3.8, 4) is 0 Å². The van der Waals surface area contributed by atoms with Gasteiger partial charge in [-0.05, 0) is 65.2 Å². The summed E-state index contributed by atoms with van der Waals surface area (Å²) in [7, 11) is 6.61. The van der Waals surface area contributed by atoms with Crippen LogP contribution in [0.1, 0.15) is 47.5 Å². The summed E-state index contributed by atoms with van der Waals surface area (Å²) in [5.74, 6) is 2.41. The van der Waals surface area contributed by atoms with E-state index in [1.165, 1.54) is 25.9 Å². The van der Waals surface area contributed by atoms with Crippen molar-refractivity contribution in [1.82, 2.24) is 9.80 Å². The molecule has 0 spiro atoms. The molecule has 0 aromatic heterocycles. The zero-order valence-corrected chi connectivity index (χ0v) is 14.0. The van der Waals surface area contributed by atoms with Gasteiger partial charge in [-0.2, -0.15) is 0 Å². The highest BCUT2D eigenvalue weighted by atomic mass is 15.1. The van der Waals surface area contributed by atoms with Crippen LogP contribution >= 0.6 is 0 Å². The molecule has 0 saturated heterocycles. The van der Waals surface area contributed by atoms with Gasteiger partial charge in [0, 0.05) is 12.6 Å². The van der Waals surface area contributed by atoms with Crippen molar-refractivity contribution in [2.75, 3.05) is 34.2 Å². The molecule has 2 heteroatoms. The van der Waals surface area contributed by atoms with Crippen LogP contribution in [-0.4, -0.2) is 50.1 Å². The Morgan fingerprint density at radius 2 is 1.44 bits per heavy atom. The summed E-state index contributed by atoms with van der Waals surface area (Å²) in [4.78, 5) is 4.82. The summed E-state index contributed by atoms with van der Waals surface area (Å²) in [5.41, 5.74) is 0. The molecule has 0 bridgehead atoms. The molecule has 0 saturated carbocycles. The lowest BCUT2D eigenvalue weighted by Gasteiger charge is -2.27. The van der Waals surface area contributed by atoms with Crippen LogP contribution in [0.25, 0.3) is 0 Å². The Kier molecular flexibility index (Phi) is 8.89. The lowest BCUT2D eigenvalue weighted by Crippen LogP contribution is -2.30. The van der Waals surface area contributed by atoms with Gasteiger partial charge in [-0.3, -0.25) is 0 Å². The van der Waals surface area contributed by atoms with Crippen LogP contribution in [0, 0.1) is 17.8 Å². The Bertz CT molecular complexity index is 179. The van der Waals surface area contributed by atoms with E-state index in [1.54, 1.807) is 0 Å². The molecular formula is C16H36N2. The third-order valence-corrected chi connectivity index (χ3v) is 4.37. The van der Waals surface area contributed by atoms with Gasteiger partial charge in [0.15, 0.2) is 0 Å². The average Bonchev–Trinajstić information content (AvgIpc) is 2.25. The van der Waals surface area contributed by atoms with E-state index in [0.29, 0.717) is 6.04 Å².